The summed E-state index contributed by atoms with van der Waals surface area (Å²) in [6, 6.07) is 15.3. The number of sulfonamides is 1. The maximum Gasteiger partial charge on any atom is 0.229 e. The molecule has 11 heteroatoms. The van der Waals surface area contributed by atoms with E-state index < -0.39 is 10.0 Å². The minimum absolute atomic E-state index is 0.125. The summed E-state index contributed by atoms with van der Waals surface area (Å²) in [4.78, 5) is 9.26. The minimum Gasteiger partial charge on any atom is -0.379 e. The number of rotatable bonds is 9. The number of aryl methyl sites for hydroxylation is 1. The molecule has 0 bridgehead atoms. The van der Waals surface area contributed by atoms with Gasteiger partial charge in [-0.3, -0.25) is 14.6 Å². The molecule has 3 aromatic rings. The normalized spacial score (nSPS) is 20.3. The minimum atomic E-state index is -3.36. The molecule has 0 amide bonds. The maximum atomic E-state index is 11.7. The van der Waals surface area contributed by atoms with Crippen molar-refractivity contribution in [2.45, 2.75) is 38.9 Å². The first kappa shape index (κ1) is 27.6. The van der Waals surface area contributed by atoms with Crippen molar-refractivity contribution in [1.29, 1.82) is 0 Å². The fraction of sp³-hybridized carbons (Fsp3) is 0.429. The molecule has 0 saturated carbocycles. The smallest absolute Gasteiger partial charge is 0.229 e. The topological polar surface area (TPSA) is 91.7 Å². The van der Waals surface area contributed by atoms with E-state index in [1.807, 2.05) is 30.3 Å². The van der Waals surface area contributed by atoms with Crippen LogP contribution in [-0.2, 0) is 21.3 Å². The largest absolute Gasteiger partial charge is 0.379 e. The molecule has 2 aromatic heterocycles. The standard InChI is InChI=1S/C28H36N6O3S2/c1-20-19-24(21(2)33(20)14-6-13-32-15-17-37-18-16-32)27-26(25-7-4-5-12-29-25)30-28(38)34(27)23-10-8-22(9-11-23)31-39(3,35)36/h4-5,7-12,19,26-27,31H,6,13-18H2,1-3H3,(H,30,38)/t26-,27+/m1/s1. The van der Waals surface area contributed by atoms with Gasteiger partial charge in [-0.15, -0.1) is 0 Å². The molecule has 0 unspecified atom stereocenters. The molecule has 2 aliphatic heterocycles. The molecular formula is C28H36N6O3S2. The second kappa shape index (κ2) is 11.6. The van der Waals surface area contributed by atoms with E-state index in [2.05, 4.69) is 49.3 Å². The van der Waals surface area contributed by atoms with E-state index >= 15 is 0 Å². The Labute approximate surface area is 236 Å². The van der Waals surface area contributed by atoms with Gasteiger partial charge in [-0.2, -0.15) is 0 Å². The first-order chi connectivity index (χ1) is 18.7. The lowest BCUT2D eigenvalue weighted by Crippen LogP contribution is -2.37. The Hall–Kier alpha value is -2.99. The van der Waals surface area contributed by atoms with Crippen molar-refractivity contribution in [3.05, 3.63) is 77.4 Å². The molecule has 9 nitrogen and oxygen atoms in total. The van der Waals surface area contributed by atoms with Gasteiger partial charge in [-0.25, -0.2) is 8.42 Å². The third kappa shape index (κ3) is 6.27. The molecule has 2 aliphatic rings. The average molecular weight is 569 g/mol. The van der Waals surface area contributed by atoms with E-state index in [9.17, 15) is 8.42 Å². The van der Waals surface area contributed by atoms with E-state index in [-0.39, 0.29) is 12.1 Å². The Morgan fingerprint density at radius 1 is 1.10 bits per heavy atom. The third-order valence-electron chi connectivity index (χ3n) is 7.44. The molecule has 0 aliphatic carbocycles. The van der Waals surface area contributed by atoms with Crippen molar-refractivity contribution in [3.8, 4) is 0 Å². The molecular weight excluding hydrogens is 532 g/mol. The van der Waals surface area contributed by atoms with Gasteiger partial charge in [0.2, 0.25) is 10.0 Å². The van der Waals surface area contributed by atoms with Gasteiger partial charge in [0.25, 0.3) is 0 Å². The summed E-state index contributed by atoms with van der Waals surface area (Å²) in [6.45, 7) is 9.98. The van der Waals surface area contributed by atoms with Crippen molar-refractivity contribution in [3.63, 3.8) is 0 Å². The van der Waals surface area contributed by atoms with Crippen LogP contribution in [0.5, 0.6) is 0 Å². The van der Waals surface area contributed by atoms with Crippen LogP contribution in [0.3, 0.4) is 0 Å². The van der Waals surface area contributed by atoms with E-state index in [0.717, 1.165) is 63.5 Å². The summed E-state index contributed by atoms with van der Waals surface area (Å²) < 4.78 is 33.8. The summed E-state index contributed by atoms with van der Waals surface area (Å²) in [7, 11) is -3.36. The highest BCUT2D eigenvalue weighted by molar-refractivity contribution is 7.92. The first-order valence-corrected chi connectivity index (χ1v) is 15.6. The molecule has 0 radical (unpaired) electrons. The maximum absolute atomic E-state index is 11.7. The average Bonchev–Trinajstić information content (AvgIpc) is 3.40. The zero-order valence-corrected chi connectivity index (χ0v) is 24.3. The van der Waals surface area contributed by atoms with Gasteiger partial charge >= 0.3 is 0 Å². The van der Waals surface area contributed by atoms with Crippen molar-refractivity contribution < 1.29 is 13.2 Å². The van der Waals surface area contributed by atoms with Crippen molar-refractivity contribution in [2.75, 3.05) is 48.7 Å². The fourth-order valence-corrected chi connectivity index (χ4v) is 6.51. The molecule has 4 heterocycles. The number of hydrogen-bond acceptors (Lipinski definition) is 6. The lowest BCUT2D eigenvalue weighted by Gasteiger charge is -2.28. The van der Waals surface area contributed by atoms with Gasteiger partial charge in [0.15, 0.2) is 5.11 Å². The first-order valence-electron chi connectivity index (χ1n) is 13.3. The fourth-order valence-electron chi connectivity index (χ4n) is 5.60. The highest BCUT2D eigenvalue weighted by Gasteiger charge is 2.42. The quantitative estimate of drug-likeness (QED) is 0.377. The molecule has 1 aromatic carbocycles. The summed E-state index contributed by atoms with van der Waals surface area (Å²) >= 11 is 5.88. The summed E-state index contributed by atoms with van der Waals surface area (Å²) in [5.41, 5.74) is 5.93. The van der Waals surface area contributed by atoms with Crippen molar-refractivity contribution in [1.82, 2.24) is 19.8 Å². The van der Waals surface area contributed by atoms with E-state index in [0.29, 0.717) is 10.8 Å². The highest BCUT2D eigenvalue weighted by atomic mass is 32.2. The van der Waals surface area contributed by atoms with Gasteiger partial charge < -0.3 is 19.5 Å². The van der Waals surface area contributed by atoms with Crippen LogP contribution < -0.4 is 14.9 Å². The molecule has 2 saturated heterocycles. The molecule has 0 spiro atoms. The van der Waals surface area contributed by atoms with Crippen LogP contribution in [0.1, 0.15) is 41.1 Å². The molecule has 2 N–H and O–H groups in total. The molecule has 5 rings (SSSR count). The van der Waals surface area contributed by atoms with Gasteiger partial charge in [-0.05, 0) is 80.5 Å². The lowest BCUT2D eigenvalue weighted by atomic mass is 9.96. The van der Waals surface area contributed by atoms with Gasteiger partial charge in [0.05, 0.1) is 37.2 Å². The zero-order valence-electron chi connectivity index (χ0n) is 22.6. The number of ether oxygens (including phenoxy) is 1. The predicted molar refractivity (Wildman–Crippen MR) is 159 cm³/mol. The Kier molecular flexibility index (Phi) is 8.22. The lowest BCUT2D eigenvalue weighted by molar-refractivity contribution is 0.0369. The highest BCUT2D eigenvalue weighted by Crippen LogP contribution is 2.43. The van der Waals surface area contributed by atoms with Crippen LogP contribution >= 0.6 is 12.2 Å². The second-order valence-electron chi connectivity index (χ2n) is 10.2. The monoisotopic (exact) mass is 568 g/mol. The Morgan fingerprint density at radius 3 is 2.51 bits per heavy atom. The number of aromatic nitrogens is 2. The number of thiocarbonyl (C=S) groups is 1. The van der Waals surface area contributed by atoms with Gasteiger partial charge in [0.1, 0.15) is 0 Å². The van der Waals surface area contributed by atoms with Crippen LogP contribution in [0.25, 0.3) is 0 Å². The van der Waals surface area contributed by atoms with Crippen molar-refractivity contribution >= 4 is 38.7 Å². The number of nitrogens with zero attached hydrogens (tertiary/aromatic N) is 4. The number of hydrogen-bond donors (Lipinski definition) is 2. The molecule has 39 heavy (non-hydrogen) atoms. The second-order valence-corrected chi connectivity index (χ2v) is 12.3. The van der Waals surface area contributed by atoms with Crippen LogP contribution in [0.4, 0.5) is 11.4 Å². The Balaban J connectivity index is 1.46. The molecule has 2 fully saturated rings. The number of morpholine rings is 1. The number of benzene rings is 1. The number of anilines is 2. The molecule has 2 atom stereocenters. The third-order valence-corrected chi connectivity index (χ3v) is 8.36. The van der Waals surface area contributed by atoms with Crippen LogP contribution in [0.2, 0.25) is 0 Å². The van der Waals surface area contributed by atoms with E-state index in [1.54, 1.807) is 18.3 Å². The predicted octanol–water partition coefficient (Wildman–Crippen LogP) is 3.77. The Bertz CT molecular complexity index is 1400. The Morgan fingerprint density at radius 2 is 1.85 bits per heavy atom. The summed E-state index contributed by atoms with van der Waals surface area (Å²) in [5.74, 6) is 0. The summed E-state index contributed by atoms with van der Waals surface area (Å²) in [6.07, 6.45) is 4.02. The van der Waals surface area contributed by atoms with Crippen LogP contribution in [0, 0.1) is 13.8 Å². The number of nitrogens with one attached hydrogen (secondary N) is 2. The zero-order chi connectivity index (χ0) is 27.6. The van der Waals surface area contributed by atoms with E-state index in [4.69, 9.17) is 17.0 Å². The van der Waals surface area contributed by atoms with Crippen molar-refractivity contribution in [2.24, 2.45) is 0 Å². The van der Waals surface area contributed by atoms with Crippen LogP contribution in [0.15, 0.2) is 54.7 Å². The summed E-state index contributed by atoms with van der Waals surface area (Å²) in [5, 5.41) is 4.13. The molecule has 208 valence electrons. The van der Waals surface area contributed by atoms with Gasteiger partial charge in [-0.1, -0.05) is 6.07 Å². The van der Waals surface area contributed by atoms with Crippen LogP contribution in [-0.4, -0.2) is 67.1 Å². The van der Waals surface area contributed by atoms with Gasteiger partial charge in [0, 0.05) is 55.1 Å². The van der Waals surface area contributed by atoms with E-state index in [1.165, 1.54) is 17.0 Å². The SMILES string of the molecule is Cc1cc([C@H]2[C@@H](c3ccccn3)NC(=S)N2c2ccc(NS(C)(=O)=O)cc2)c(C)n1CCCN1CCOCC1. The number of pyridine rings is 1.